The zero-order chi connectivity index (χ0) is 10.6. The molecule has 0 aromatic heterocycles. The Hall–Kier alpha value is -0.960. The highest BCUT2D eigenvalue weighted by molar-refractivity contribution is 7.97. The Balaban J connectivity index is 2.88. The predicted octanol–water partition coefficient (Wildman–Crippen LogP) is 2.25. The van der Waals surface area contributed by atoms with Crippen molar-refractivity contribution in [3.8, 4) is 0 Å². The van der Waals surface area contributed by atoms with Crippen LogP contribution in [-0.2, 0) is 5.75 Å². The third-order valence-corrected chi connectivity index (χ3v) is 2.51. The fourth-order valence-electron chi connectivity index (χ4n) is 1.22. The summed E-state index contributed by atoms with van der Waals surface area (Å²) < 4.78 is 0. The van der Waals surface area contributed by atoms with Gasteiger partial charge in [0.05, 0.1) is 0 Å². The lowest BCUT2D eigenvalue weighted by molar-refractivity contribution is 0.0827. The molecule has 1 amide bonds. The van der Waals surface area contributed by atoms with E-state index in [1.807, 2.05) is 24.3 Å². The lowest BCUT2D eigenvalue weighted by Crippen LogP contribution is -2.21. The fourth-order valence-corrected chi connectivity index (χ4v) is 1.73. The van der Waals surface area contributed by atoms with Gasteiger partial charge in [0.25, 0.3) is 5.91 Å². The summed E-state index contributed by atoms with van der Waals surface area (Å²) in [5.41, 5.74) is 1.96. The number of hydrogen-bond donors (Lipinski definition) is 0. The van der Waals surface area contributed by atoms with Crippen LogP contribution < -0.4 is 0 Å². The monoisotopic (exact) mass is 209 g/mol. The molecule has 0 heterocycles. The zero-order valence-corrected chi connectivity index (χ0v) is 9.60. The van der Waals surface area contributed by atoms with Gasteiger partial charge in [0.2, 0.25) is 0 Å². The van der Waals surface area contributed by atoms with Crippen molar-refractivity contribution < 1.29 is 4.79 Å². The summed E-state index contributed by atoms with van der Waals surface area (Å²) in [6.07, 6.45) is 2.06. The van der Waals surface area contributed by atoms with Crippen LogP contribution in [0.2, 0.25) is 0 Å². The van der Waals surface area contributed by atoms with Crippen LogP contribution in [0.4, 0.5) is 0 Å². The van der Waals surface area contributed by atoms with E-state index in [-0.39, 0.29) is 5.91 Å². The normalized spacial score (nSPS) is 9.93. The molecule has 0 atom stereocenters. The SMILES string of the molecule is CSCc1cccc(C(=O)N(C)C)c1. The van der Waals surface area contributed by atoms with Crippen molar-refractivity contribution >= 4 is 17.7 Å². The predicted molar refractivity (Wildman–Crippen MR) is 61.7 cm³/mol. The van der Waals surface area contributed by atoms with E-state index < -0.39 is 0 Å². The van der Waals surface area contributed by atoms with Crippen molar-refractivity contribution in [2.24, 2.45) is 0 Å². The third-order valence-electron chi connectivity index (χ3n) is 1.89. The first-order chi connectivity index (χ1) is 6.65. The molecule has 0 aliphatic heterocycles. The van der Waals surface area contributed by atoms with Crippen LogP contribution in [0.5, 0.6) is 0 Å². The Morgan fingerprint density at radius 1 is 1.43 bits per heavy atom. The number of rotatable bonds is 3. The summed E-state index contributed by atoms with van der Waals surface area (Å²) >= 11 is 1.76. The Labute approximate surface area is 89.3 Å². The molecule has 0 unspecified atom stereocenters. The second-order valence-corrected chi connectivity index (χ2v) is 4.20. The number of benzene rings is 1. The van der Waals surface area contributed by atoms with E-state index in [1.165, 1.54) is 5.56 Å². The molecule has 0 fully saturated rings. The number of carbonyl (C=O) groups excluding carboxylic acids is 1. The largest absolute Gasteiger partial charge is 0.345 e. The van der Waals surface area contributed by atoms with Gasteiger partial charge in [-0.25, -0.2) is 0 Å². The second-order valence-electron chi connectivity index (χ2n) is 3.33. The number of amides is 1. The van der Waals surface area contributed by atoms with E-state index in [0.717, 1.165) is 11.3 Å². The number of nitrogens with zero attached hydrogens (tertiary/aromatic N) is 1. The van der Waals surface area contributed by atoms with E-state index in [0.29, 0.717) is 0 Å². The summed E-state index contributed by atoms with van der Waals surface area (Å²) in [5, 5.41) is 0. The first kappa shape index (κ1) is 11.1. The van der Waals surface area contributed by atoms with E-state index in [4.69, 9.17) is 0 Å². The molecule has 0 saturated carbocycles. The lowest BCUT2D eigenvalue weighted by atomic mass is 10.1. The third kappa shape index (κ3) is 2.77. The Morgan fingerprint density at radius 3 is 2.71 bits per heavy atom. The van der Waals surface area contributed by atoms with Crippen LogP contribution in [-0.4, -0.2) is 31.2 Å². The molecule has 0 spiro atoms. The first-order valence-electron chi connectivity index (χ1n) is 4.44. The van der Waals surface area contributed by atoms with E-state index in [2.05, 4.69) is 6.26 Å². The van der Waals surface area contributed by atoms with Gasteiger partial charge in [0.15, 0.2) is 0 Å². The number of hydrogen-bond acceptors (Lipinski definition) is 2. The van der Waals surface area contributed by atoms with Crippen LogP contribution in [0.15, 0.2) is 24.3 Å². The highest BCUT2D eigenvalue weighted by Crippen LogP contribution is 2.12. The molecule has 1 rings (SSSR count). The highest BCUT2D eigenvalue weighted by Gasteiger charge is 2.07. The van der Waals surface area contributed by atoms with Gasteiger partial charge < -0.3 is 4.90 Å². The standard InChI is InChI=1S/C11H15NOS/c1-12(2)11(13)10-6-4-5-9(7-10)8-14-3/h4-7H,8H2,1-3H3. The van der Waals surface area contributed by atoms with Crippen molar-refractivity contribution in [2.75, 3.05) is 20.4 Å². The molecule has 3 heteroatoms. The van der Waals surface area contributed by atoms with Crippen LogP contribution in [0.25, 0.3) is 0 Å². The average Bonchev–Trinajstić information content (AvgIpc) is 2.17. The molecule has 1 aromatic rings. The molecule has 0 radical (unpaired) electrons. The highest BCUT2D eigenvalue weighted by atomic mass is 32.2. The van der Waals surface area contributed by atoms with Gasteiger partial charge in [-0.3, -0.25) is 4.79 Å². The second kappa shape index (κ2) is 5.05. The molecular formula is C11H15NOS. The van der Waals surface area contributed by atoms with Gasteiger partial charge in [-0.1, -0.05) is 12.1 Å². The van der Waals surface area contributed by atoms with Crippen molar-refractivity contribution in [3.63, 3.8) is 0 Å². The van der Waals surface area contributed by atoms with Gasteiger partial charge in [-0.15, -0.1) is 0 Å². The van der Waals surface area contributed by atoms with Crippen LogP contribution in [0, 0.1) is 0 Å². The molecule has 76 valence electrons. The maximum atomic E-state index is 11.6. The van der Waals surface area contributed by atoms with Crippen molar-refractivity contribution in [3.05, 3.63) is 35.4 Å². The molecule has 14 heavy (non-hydrogen) atoms. The topological polar surface area (TPSA) is 20.3 Å². The fraction of sp³-hybridized carbons (Fsp3) is 0.364. The quantitative estimate of drug-likeness (QED) is 0.761. The summed E-state index contributed by atoms with van der Waals surface area (Å²) in [4.78, 5) is 13.2. The molecule has 1 aromatic carbocycles. The Morgan fingerprint density at radius 2 is 2.14 bits per heavy atom. The molecule has 2 nitrogen and oxygen atoms in total. The van der Waals surface area contributed by atoms with Gasteiger partial charge in [0, 0.05) is 25.4 Å². The minimum absolute atomic E-state index is 0.0629. The van der Waals surface area contributed by atoms with E-state index >= 15 is 0 Å². The van der Waals surface area contributed by atoms with Gasteiger partial charge in [-0.2, -0.15) is 11.8 Å². The molecule has 0 aliphatic rings. The summed E-state index contributed by atoms with van der Waals surface area (Å²) in [5.74, 6) is 1.02. The lowest BCUT2D eigenvalue weighted by Gasteiger charge is -2.10. The van der Waals surface area contributed by atoms with Gasteiger partial charge >= 0.3 is 0 Å². The van der Waals surface area contributed by atoms with Gasteiger partial charge in [-0.05, 0) is 24.0 Å². The van der Waals surface area contributed by atoms with Crippen molar-refractivity contribution in [1.29, 1.82) is 0 Å². The van der Waals surface area contributed by atoms with Crippen molar-refractivity contribution in [2.45, 2.75) is 5.75 Å². The minimum Gasteiger partial charge on any atom is -0.345 e. The van der Waals surface area contributed by atoms with Crippen molar-refractivity contribution in [1.82, 2.24) is 4.90 Å². The maximum Gasteiger partial charge on any atom is 0.253 e. The molecule has 0 bridgehead atoms. The Kier molecular flexibility index (Phi) is 4.01. The smallest absolute Gasteiger partial charge is 0.253 e. The molecular weight excluding hydrogens is 194 g/mol. The zero-order valence-electron chi connectivity index (χ0n) is 8.78. The van der Waals surface area contributed by atoms with Crippen LogP contribution in [0.1, 0.15) is 15.9 Å². The van der Waals surface area contributed by atoms with Crippen LogP contribution >= 0.6 is 11.8 Å². The molecule has 0 saturated heterocycles. The van der Waals surface area contributed by atoms with Crippen LogP contribution in [0.3, 0.4) is 0 Å². The summed E-state index contributed by atoms with van der Waals surface area (Å²) in [7, 11) is 3.53. The average molecular weight is 209 g/mol. The molecule has 0 aliphatic carbocycles. The first-order valence-corrected chi connectivity index (χ1v) is 5.84. The minimum atomic E-state index is 0.0629. The summed E-state index contributed by atoms with van der Waals surface area (Å²) in [6.45, 7) is 0. The van der Waals surface area contributed by atoms with Gasteiger partial charge in [0.1, 0.15) is 0 Å². The summed E-state index contributed by atoms with van der Waals surface area (Å²) in [6, 6.07) is 7.79. The number of carbonyl (C=O) groups is 1. The maximum absolute atomic E-state index is 11.6. The van der Waals surface area contributed by atoms with E-state index in [1.54, 1.807) is 30.8 Å². The molecule has 0 N–H and O–H groups in total. The van der Waals surface area contributed by atoms with E-state index in [9.17, 15) is 4.79 Å². The number of thioether (sulfide) groups is 1. The Bertz CT molecular complexity index is 323.